The molecule has 5 rings (SSSR count). The molecule has 56 heavy (non-hydrogen) atoms. The monoisotopic (exact) mass is 776 g/mol. The lowest BCUT2D eigenvalue weighted by atomic mass is 9.55. The van der Waals surface area contributed by atoms with E-state index in [9.17, 15) is 20.1 Å². The van der Waals surface area contributed by atoms with Gasteiger partial charge < -0.3 is 43.8 Å². The van der Waals surface area contributed by atoms with Crippen molar-refractivity contribution in [3.8, 4) is 11.5 Å². The summed E-state index contributed by atoms with van der Waals surface area (Å²) < 4.78 is 31.7. The van der Waals surface area contributed by atoms with Gasteiger partial charge in [-0.3, -0.25) is 4.90 Å². The van der Waals surface area contributed by atoms with E-state index in [2.05, 4.69) is 19.2 Å². The number of carbonyl (C=O) groups is 1. The molecule has 306 valence electrons. The maximum atomic E-state index is 14.1. The van der Waals surface area contributed by atoms with Gasteiger partial charge in [-0.25, -0.2) is 4.79 Å². The van der Waals surface area contributed by atoms with Crippen LogP contribution in [0.5, 0.6) is 11.5 Å². The third-order valence-corrected chi connectivity index (χ3v) is 10.9. The van der Waals surface area contributed by atoms with E-state index in [0.29, 0.717) is 36.7 Å². The lowest BCUT2D eigenvalue weighted by Gasteiger charge is -2.59. The highest BCUT2D eigenvalue weighted by Gasteiger charge is 2.65. The molecule has 1 saturated carbocycles. The molecule has 2 aliphatic carbocycles. The van der Waals surface area contributed by atoms with E-state index in [0.717, 1.165) is 42.4 Å². The molecule has 1 fully saturated rings. The minimum atomic E-state index is -1.44. The summed E-state index contributed by atoms with van der Waals surface area (Å²) in [5.74, 6) is -0.677. The number of amides is 1. The standard InChI is InChI=1S/C44H60N2O10/c1-4-24-53-34-18-19-39-37(29-34)41-35(17-11-13-22-48)33(16-10-12-21-47)28-36-38(45-55-31-32-14-8-7-9-15-32)30-40(44(56-39,42(36)41)54-25-5-2)46(43(50)52-6-3)20-26-51-27-23-49/h4-5,7-9,14-15,18-19,28-29,33,35,40-42,47-49H,1-2,6,10-13,16-17,20-27,30-31H2,3H3/t33-,35+,40-,41+,42+,44+/m0/s1. The number of allylic oxidation sites excluding steroid dienone is 1. The molecule has 0 unspecified atom stereocenters. The lowest BCUT2D eigenvalue weighted by Crippen LogP contribution is -2.70. The van der Waals surface area contributed by atoms with Crippen molar-refractivity contribution in [1.29, 1.82) is 0 Å². The molecule has 12 nitrogen and oxygen atoms in total. The topological polar surface area (TPSA) is 149 Å². The Balaban J connectivity index is 1.76. The smallest absolute Gasteiger partial charge is 0.410 e. The highest BCUT2D eigenvalue weighted by Crippen LogP contribution is 2.62. The van der Waals surface area contributed by atoms with Gasteiger partial charge in [0.1, 0.15) is 30.8 Å². The van der Waals surface area contributed by atoms with Crippen LogP contribution in [0.4, 0.5) is 4.79 Å². The van der Waals surface area contributed by atoms with E-state index in [1.165, 1.54) is 0 Å². The van der Waals surface area contributed by atoms with Crippen LogP contribution < -0.4 is 9.47 Å². The van der Waals surface area contributed by atoms with E-state index in [4.69, 9.17) is 33.7 Å². The van der Waals surface area contributed by atoms with Crippen molar-refractivity contribution < 1.29 is 48.6 Å². The molecule has 12 heteroatoms. The second-order valence-electron chi connectivity index (χ2n) is 14.4. The minimum Gasteiger partial charge on any atom is -0.490 e. The summed E-state index contributed by atoms with van der Waals surface area (Å²) in [6, 6.07) is 14.9. The van der Waals surface area contributed by atoms with E-state index < -0.39 is 23.8 Å². The second-order valence-corrected chi connectivity index (χ2v) is 14.4. The van der Waals surface area contributed by atoms with Crippen molar-refractivity contribution in [1.82, 2.24) is 4.90 Å². The van der Waals surface area contributed by atoms with Gasteiger partial charge in [-0.05, 0) is 73.8 Å². The quantitative estimate of drug-likeness (QED) is 0.0609. The van der Waals surface area contributed by atoms with Gasteiger partial charge in [-0.2, -0.15) is 0 Å². The van der Waals surface area contributed by atoms with E-state index in [-0.39, 0.29) is 83.6 Å². The Morgan fingerprint density at radius 3 is 2.46 bits per heavy atom. The number of carbonyl (C=O) groups excluding carboxylic acids is 1. The van der Waals surface area contributed by atoms with Crippen molar-refractivity contribution in [2.45, 2.75) is 76.2 Å². The maximum Gasteiger partial charge on any atom is 0.410 e. The van der Waals surface area contributed by atoms with Gasteiger partial charge in [0.25, 0.3) is 0 Å². The molecule has 0 spiro atoms. The molecule has 1 amide bonds. The Morgan fingerprint density at radius 1 is 0.982 bits per heavy atom. The molecule has 0 bridgehead atoms. The Bertz CT molecular complexity index is 1620. The number of fused-ring (bicyclic) bond motifs is 2. The molecule has 1 heterocycles. The number of nitrogens with zero attached hydrogens (tertiary/aromatic N) is 2. The average Bonchev–Trinajstić information content (AvgIpc) is 3.21. The second kappa shape index (κ2) is 21.9. The minimum absolute atomic E-state index is 0.0622. The first-order chi connectivity index (χ1) is 27.5. The van der Waals surface area contributed by atoms with Crippen LogP contribution in [0.2, 0.25) is 0 Å². The lowest BCUT2D eigenvalue weighted by molar-refractivity contribution is -0.256. The fourth-order valence-corrected chi connectivity index (χ4v) is 8.56. The summed E-state index contributed by atoms with van der Waals surface area (Å²) in [7, 11) is 0. The Kier molecular flexibility index (Phi) is 16.8. The van der Waals surface area contributed by atoms with Gasteiger partial charge >= 0.3 is 6.09 Å². The third-order valence-electron chi connectivity index (χ3n) is 10.9. The fourth-order valence-electron chi connectivity index (χ4n) is 8.56. The van der Waals surface area contributed by atoms with Crippen LogP contribution in [-0.4, -0.2) is 103 Å². The first-order valence-corrected chi connectivity index (χ1v) is 20.1. The van der Waals surface area contributed by atoms with Gasteiger partial charge in [-0.15, -0.1) is 6.58 Å². The predicted octanol–water partition coefficient (Wildman–Crippen LogP) is 6.55. The van der Waals surface area contributed by atoms with Crippen LogP contribution >= 0.6 is 0 Å². The van der Waals surface area contributed by atoms with Gasteiger partial charge in [-0.1, -0.05) is 73.1 Å². The molecule has 3 N–H and O–H groups in total. The molecule has 0 aromatic heterocycles. The zero-order valence-electron chi connectivity index (χ0n) is 32.8. The third kappa shape index (κ3) is 10.2. The molecule has 0 radical (unpaired) electrons. The number of rotatable bonds is 24. The van der Waals surface area contributed by atoms with Crippen LogP contribution in [0.15, 0.2) is 90.6 Å². The van der Waals surface area contributed by atoms with Gasteiger partial charge in [0.2, 0.25) is 5.79 Å². The zero-order chi connectivity index (χ0) is 39.8. The molecule has 2 aromatic rings. The number of aliphatic hydroxyl groups excluding tert-OH is 3. The van der Waals surface area contributed by atoms with E-state index in [1.54, 1.807) is 24.0 Å². The first-order valence-electron chi connectivity index (χ1n) is 20.1. The van der Waals surface area contributed by atoms with Crippen LogP contribution in [-0.2, 0) is 25.7 Å². The Morgan fingerprint density at radius 2 is 1.75 bits per heavy atom. The highest BCUT2D eigenvalue weighted by atomic mass is 16.7. The summed E-state index contributed by atoms with van der Waals surface area (Å²) >= 11 is 0. The number of oxime groups is 1. The summed E-state index contributed by atoms with van der Waals surface area (Å²) in [6.07, 6.45) is 9.96. The maximum absolute atomic E-state index is 14.1. The van der Waals surface area contributed by atoms with Gasteiger partial charge in [0, 0.05) is 37.7 Å². The number of ether oxygens (including phenoxy) is 5. The summed E-state index contributed by atoms with van der Waals surface area (Å²) in [5.41, 5.74) is 3.53. The van der Waals surface area contributed by atoms with E-state index >= 15 is 0 Å². The number of hydrogen-bond donors (Lipinski definition) is 3. The SMILES string of the molecule is C=CCOc1ccc2c(c1)[C@H]1[C@H](CCCCO)[C@@H](CCCCO)C=C3C(=NOCc4ccccc4)C[C@H](N(CCOCCO)C(=O)OCC)[C@@](OCC=C)(O2)[C@H]31. The number of hydrogen-bond acceptors (Lipinski definition) is 11. The van der Waals surface area contributed by atoms with Crippen LogP contribution in [0.3, 0.4) is 0 Å². The van der Waals surface area contributed by atoms with Gasteiger partial charge in [0.15, 0.2) is 0 Å². The summed E-state index contributed by atoms with van der Waals surface area (Å²) in [6.45, 7) is 10.9. The zero-order valence-corrected chi connectivity index (χ0v) is 32.8. The molecular formula is C44H60N2O10. The predicted molar refractivity (Wildman–Crippen MR) is 214 cm³/mol. The molecule has 2 aromatic carbocycles. The van der Waals surface area contributed by atoms with Crippen molar-refractivity contribution in [2.75, 3.05) is 59.4 Å². The normalized spacial score (nSPS) is 24.2. The van der Waals surface area contributed by atoms with Crippen molar-refractivity contribution in [3.05, 3.63) is 96.6 Å². The molecular weight excluding hydrogens is 716 g/mol. The molecule has 1 aliphatic heterocycles. The average molecular weight is 777 g/mol. The van der Waals surface area contributed by atoms with Crippen molar-refractivity contribution >= 4 is 11.8 Å². The van der Waals surface area contributed by atoms with Crippen LogP contribution in [0.25, 0.3) is 0 Å². The molecule has 3 aliphatic rings. The van der Waals surface area contributed by atoms with Gasteiger partial charge in [0.05, 0.1) is 44.7 Å². The van der Waals surface area contributed by atoms with Crippen molar-refractivity contribution in [3.63, 3.8) is 0 Å². The number of aliphatic hydroxyl groups is 3. The first kappa shape index (κ1) is 42.9. The largest absolute Gasteiger partial charge is 0.490 e. The van der Waals surface area contributed by atoms with Crippen LogP contribution in [0, 0.1) is 17.8 Å². The Labute approximate surface area is 331 Å². The number of unbranched alkanes of at least 4 members (excludes halogenated alkanes) is 2. The fraction of sp³-hybridized carbons (Fsp3) is 0.545. The van der Waals surface area contributed by atoms with E-state index in [1.807, 2.05) is 48.5 Å². The van der Waals surface area contributed by atoms with Crippen molar-refractivity contribution in [2.24, 2.45) is 22.9 Å². The van der Waals surface area contributed by atoms with Crippen LogP contribution in [0.1, 0.15) is 68.9 Å². The Hall–Kier alpha value is -4.20. The number of benzene rings is 2. The highest BCUT2D eigenvalue weighted by molar-refractivity contribution is 6.03. The summed E-state index contributed by atoms with van der Waals surface area (Å²) in [4.78, 5) is 21.8. The molecule has 0 saturated heterocycles. The summed E-state index contributed by atoms with van der Waals surface area (Å²) in [5, 5.41) is 34.0. The molecule has 6 atom stereocenters.